The van der Waals surface area contributed by atoms with Gasteiger partial charge in [0.15, 0.2) is 0 Å². The molecule has 1 unspecified atom stereocenters. The van der Waals surface area contributed by atoms with Crippen molar-refractivity contribution in [3.63, 3.8) is 0 Å². The predicted molar refractivity (Wildman–Crippen MR) is 211 cm³/mol. The van der Waals surface area contributed by atoms with Crippen LogP contribution in [0.1, 0.15) is 17.2 Å². The van der Waals surface area contributed by atoms with E-state index >= 15 is 0 Å². The van der Waals surface area contributed by atoms with Crippen LogP contribution >= 0.6 is 0 Å². The van der Waals surface area contributed by atoms with Crippen molar-refractivity contribution in [2.24, 2.45) is 4.99 Å². The molecular weight excluding hydrogens is 625 g/mol. The lowest BCUT2D eigenvalue weighted by atomic mass is 10.0. The van der Waals surface area contributed by atoms with E-state index in [2.05, 4.69) is 178 Å². The molecule has 1 N–H and O–H groups in total. The summed E-state index contributed by atoms with van der Waals surface area (Å²) in [5.41, 5.74) is 10.6. The van der Waals surface area contributed by atoms with Crippen LogP contribution in [0.4, 0.5) is 0 Å². The summed E-state index contributed by atoms with van der Waals surface area (Å²) < 4.78 is 11.2. The fourth-order valence-electron chi connectivity index (χ4n) is 8.18. The van der Waals surface area contributed by atoms with Gasteiger partial charge in [-0.3, -0.25) is 4.57 Å². The molecule has 0 spiro atoms. The van der Waals surface area contributed by atoms with E-state index in [9.17, 15) is 0 Å². The normalized spacial score (nSPS) is 14.9. The van der Waals surface area contributed by atoms with Gasteiger partial charge in [0, 0.05) is 38.2 Å². The van der Waals surface area contributed by atoms with Crippen molar-refractivity contribution >= 4 is 77.2 Å². The Kier molecular flexibility index (Phi) is 5.95. The topological polar surface area (TPSA) is 47.4 Å². The molecule has 1 atom stereocenters. The zero-order chi connectivity index (χ0) is 33.5. The third kappa shape index (κ3) is 4.12. The van der Waals surface area contributed by atoms with Crippen molar-refractivity contribution < 1.29 is 4.42 Å². The summed E-state index contributed by atoms with van der Waals surface area (Å²) in [5.74, 6) is 0.797. The molecule has 4 heterocycles. The Bertz CT molecular complexity index is 3040. The maximum atomic E-state index is 6.43. The standard InChI is InChI=1S/C46H30N4O/c1-4-14-29(15-5-1)35-28-36(30-16-6-2-7-17-30)48-46(47-35)50-37-22-12-10-20-32(37)42-39(50)26-25-38-43(42)34-24-27-41-44(33-21-11-13-23-40(33)51-41)45(34)49(38)31-18-8-3-9-19-31/h1-28,35H,(H,47,48). The maximum absolute atomic E-state index is 6.43. The smallest absolute Gasteiger partial charge is 0.209 e. The molecule has 0 bridgehead atoms. The Morgan fingerprint density at radius 1 is 0.490 bits per heavy atom. The number of furan rings is 1. The van der Waals surface area contributed by atoms with E-state index in [1.807, 2.05) is 6.07 Å². The number of benzene rings is 7. The molecule has 1 aliphatic rings. The first kappa shape index (κ1) is 28.0. The molecule has 3 aromatic heterocycles. The predicted octanol–water partition coefficient (Wildman–Crippen LogP) is 11.4. The molecule has 0 saturated heterocycles. The van der Waals surface area contributed by atoms with Crippen LogP contribution in [0.3, 0.4) is 0 Å². The molecule has 11 rings (SSSR count). The summed E-state index contributed by atoms with van der Waals surface area (Å²) >= 11 is 0. The van der Waals surface area contributed by atoms with Gasteiger partial charge < -0.3 is 14.3 Å². The molecule has 0 saturated carbocycles. The molecule has 7 aromatic carbocycles. The van der Waals surface area contributed by atoms with Gasteiger partial charge in [0.1, 0.15) is 11.2 Å². The lowest BCUT2D eigenvalue weighted by Gasteiger charge is -2.25. The number of rotatable bonds is 3. The fourth-order valence-corrected chi connectivity index (χ4v) is 8.18. The highest BCUT2D eigenvalue weighted by Gasteiger charge is 2.26. The molecule has 51 heavy (non-hydrogen) atoms. The first-order chi connectivity index (χ1) is 25.3. The zero-order valence-electron chi connectivity index (χ0n) is 27.5. The first-order valence-corrected chi connectivity index (χ1v) is 17.4. The van der Waals surface area contributed by atoms with Gasteiger partial charge >= 0.3 is 0 Å². The SMILES string of the molecule is C1=C(c2ccccc2)N=C(n2c3ccccc3c3c4c5ccc6oc7ccccc7c6c5n(-c5ccccc5)c4ccc32)NC1c1ccccc1. The number of fused-ring (bicyclic) bond motifs is 11. The molecule has 1 aliphatic heterocycles. The highest BCUT2D eigenvalue weighted by Crippen LogP contribution is 2.45. The average Bonchev–Trinajstić information content (AvgIpc) is 3.86. The van der Waals surface area contributed by atoms with E-state index in [4.69, 9.17) is 9.41 Å². The quantitative estimate of drug-likeness (QED) is 0.206. The third-order valence-electron chi connectivity index (χ3n) is 10.4. The van der Waals surface area contributed by atoms with Crippen molar-refractivity contribution in [1.82, 2.24) is 14.5 Å². The van der Waals surface area contributed by atoms with Crippen LogP contribution in [0.15, 0.2) is 179 Å². The van der Waals surface area contributed by atoms with Gasteiger partial charge in [-0.2, -0.15) is 0 Å². The fraction of sp³-hybridized carbons (Fsp3) is 0.0217. The second-order valence-corrected chi connectivity index (χ2v) is 13.2. The molecule has 0 fully saturated rings. The van der Waals surface area contributed by atoms with Gasteiger partial charge in [-0.1, -0.05) is 115 Å². The van der Waals surface area contributed by atoms with Crippen molar-refractivity contribution in [1.29, 1.82) is 0 Å². The zero-order valence-corrected chi connectivity index (χ0v) is 27.5. The second kappa shape index (κ2) is 10.8. The Morgan fingerprint density at radius 2 is 1.14 bits per heavy atom. The summed E-state index contributed by atoms with van der Waals surface area (Å²) in [4.78, 5) is 5.35. The monoisotopic (exact) mass is 654 g/mol. The van der Waals surface area contributed by atoms with E-state index < -0.39 is 0 Å². The molecule has 0 amide bonds. The van der Waals surface area contributed by atoms with Gasteiger partial charge in [-0.25, -0.2) is 4.99 Å². The van der Waals surface area contributed by atoms with E-state index in [0.29, 0.717) is 0 Å². The highest BCUT2D eigenvalue weighted by atomic mass is 16.3. The van der Waals surface area contributed by atoms with Crippen molar-refractivity contribution in [3.8, 4) is 5.69 Å². The lowest BCUT2D eigenvalue weighted by Crippen LogP contribution is -2.35. The number of hydrogen-bond acceptors (Lipinski definition) is 3. The molecule has 0 radical (unpaired) electrons. The van der Waals surface area contributed by atoms with Crippen LogP contribution in [0.2, 0.25) is 0 Å². The molecule has 0 aliphatic carbocycles. The maximum Gasteiger partial charge on any atom is 0.209 e. The number of nitrogens with one attached hydrogen (secondary N) is 1. The van der Waals surface area contributed by atoms with Crippen LogP contribution in [-0.2, 0) is 0 Å². The van der Waals surface area contributed by atoms with E-state index in [-0.39, 0.29) is 6.04 Å². The van der Waals surface area contributed by atoms with Crippen LogP contribution in [-0.4, -0.2) is 15.1 Å². The Balaban J connectivity index is 1.26. The summed E-state index contributed by atoms with van der Waals surface area (Å²) in [5, 5.41) is 10.9. The van der Waals surface area contributed by atoms with Crippen molar-refractivity contribution in [2.75, 3.05) is 0 Å². The summed E-state index contributed by atoms with van der Waals surface area (Å²) in [7, 11) is 0. The van der Waals surface area contributed by atoms with Crippen LogP contribution < -0.4 is 5.32 Å². The van der Waals surface area contributed by atoms with Gasteiger partial charge in [0.25, 0.3) is 0 Å². The molecular formula is C46H30N4O. The van der Waals surface area contributed by atoms with E-state index in [1.165, 1.54) is 27.1 Å². The minimum atomic E-state index is -0.0588. The van der Waals surface area contributed by atoms with Gasteiger partial charge in [0.2, 0.25) is 5.96 Å². The molecule has 5 heteroatoms. The summed E-state index contributed by atoms with van der Waals surface area (Å²) in [6.07, 6.45) is 2.23. The van der Waals surface area contributed by atoms with Gasteiger partial charge in [-0.15, -0.1) is 0 Å². The average molecular weight is 655 g/mol. The number of aromatic nitrogens is 2. The van der Waals surface area contributed by atoms with Gasteiger partial charge in [0.05, 0.1) is 39.2 Å². The van der Waals surface area contributed by atoms with Crippen molar-refractivity contribution in [2.45, 2.75) is 6.04 Å². The van der Waals surface area contributed by atoms with Crippen LogP contribution in [0, 0.1) is 0 Å². The molecule has 10 aromatic rings. The number of para-hydroxylation sites is 3. The van der Waals surface area contributed by atoms with E-state index in [1.54, 1.807) is 0 Å². The minimum absolute atomic E-state index is 0.0588. The van der Waals surface area contributed by atoms with Crippen molar-refractivity contribution in [3.05, 3.63) is 181 Å². The van der Waals surface area contributed by atoms with Crippen LogP contribution in [0.25, 0.3) is 76.9 Å². The second-order valence-electron chi connectivity index (χ2n) is 13.2. The first-order valence-electron chi connectivity index (χ1n) is 17.4. The number of hydrogen-bond donors (Lipinski definition) is 1. The van der Waals surface area contributed by atoms with E-state index in [0.717, 1.165) is 66.9 Å². The lowest BCUT2D eigenvalue weighted by molar-refractivity contribution is 0.669. The summed E-state index contributed by atoms with van der Waals surface area (Å²) in [6, 6.07) is 57.7. The largest absolute Gasteiger partial charge is 0.456 e. The number of aliphatic imine (C=N–C) groups is 1. The summed E-state index contributed by atoms with van der Waals surface area (Å²) in [6.45, 7) is 0. The Labute approximate surface area is 293 Å². The highest BCUT2D eigenvalue weighted by molar-refractivity contribution is 6.33. The third-order valence-corrected chi connectivity index (χ3v) is 10.4. The number of nitrogens with zero attached hydrogens (tertiary/aromatic N) is 3. The molecule has 240 valence electrons. The Morgan fingerprint density at radius 3 is 1.94 bits per heavy atom. The minimum Gasteiger partial charge on any atom is -0.456 e. The molecule has 5 nitrogen and oxygen atoms in total. The Hall–Kier alpha value is -6.85. The van der Waals surface area contributed by atoms with Crippen LogP contribution in [0.5, 0.6) is 0 Å². The van der Waals surface area contributed by atoms with Gasteiger partial charge in [-0.05, 0) is 60.2 Å².